The van der Waals surface area contributed by atoms with Gasteiger partial charge in [0.05, 0.1) is 11.3 Å². The van der Waals surface area contributed by atoms with Crippen molar-refractivity contribution in [3.63, 3.8) is 0 Å². The second-order valence-electron chi connectivity index (χ2n) is 6.89. The predicted octanol–water partition coefficient (Wildman–Crippen LogP) is 2.45. The quantitative estimate of drug-likeness (QED) is 0.879. The zero-order chi connectivity index (χ0) is 17.3. The average molecular weight is 340 g/mol. The summed E-state index contributed by atoms with van der Waals surface area (Å²) >= 11 is 0. The highest BCUT2D eigenvalue weighted by molar-refractivity contribution is 7.89. The summed E-state index contributed by atoms with van der Waals surface area (Å²) in [6.07, 6.45) is 3.14. The van der Waals surface area contributed by atoms with Gasteiger partial charge >= 0.3 is 5.97 Å². The van der Waals surface area contributed by atoms with Crippen LogP contribution in [0.4, 0.5) is 5.69 Å². The van der Waals surface area contributed by atoms with E-state index >= 15 is 0 Å². The number of carboxylic acid groups (broad SMARTS) is 1. The third kappa shape index (κ3) is 4.45. The molecule has 6 nitrogen and oxygen atoms in total. The first kappa shape index (κ1) is 17.7. The number of carboxylic acids is 1. The number of nitrogens with zero attached hydrogens (tertiary/aromatic N) is 1. The van der Waals surface area contributed by atoms with Crippen molar-refractivity contribution in [2.24, 2.45) is 0 Å². The summed E-state index contributed by atoms with van der Waals surface area (Å²) in [6, 6.07) is 4.31. The van der Waals surface area contributed by atoms with Gasteiger partial charge in [-0.2, -0.15) is 0 Å². The van der Waals surface area contributed by atoms with Gasteiger partial charge in [0, 0.05) is 18.6 Å². The molecule has 0 aliphatic carbocycles. The lowest BCUT2D eigenvalue weighted by Crippen LogP contribution is -2.41. The van der Waals surface area contributed by atoms with Gasteiger partial charge in [-0.05, 0) is 58.2 Å². The highest BCUT2D eigenvalue weighted by atomic mass is 32.2. The fraction of sp³-hybridized carbons (Fsp3) is 0.562. The van der Waals surface area contributed by atoms with Crippen LogP contribution in [0.15, 0.2) is 23.1 Å². The monoisotopic (exact) mass is 340 g/mol. The Balaban J connectivity index is 2.52. The molecule has 1 saturated heterocycles. The molecule has 1 aliphatic rings. The molecule has 23 heavy (non-hydrogen) atoms. The topological polar surface area (TPSA) is 86.7 Å². The van der Waals surface area contributed by atoms with E-state index in [2.05, 4.69) is 4.72 Å². The summed E-state index contributed by atoms with van der Waals surface area (Å²) in [5.41, 5.74) is -0.0940. The van der Waals surface area contributed by atoms with Gasteiger partial charge in [0.2, 0.25) is 10.0 Å². The number of carbonyl (C=O) groups is 1. The van der Waals surface area contributed by atoms with E-state index in [0.717, 1.165) is 32.4 Å². The van der Waals surface area contributed by atoms with Crippen molar-refractivity contribution in [2.75, 3.05) is 18.0 Å². The minimum atomic E-state index is -3.81. The summed E-state index contributed by atoms with van der Waals surface area (Å²) in [4.78, 5) is 13.3. The lowest BCUT2D eigenvalue weighted by atomic mass is 10.1. The molecule has 0 spiro atoms. The Bertz CT molecular complexity index is 687. The number of hydrogen-bond acceptors (Lipinski definition) is 4. The Morgan fingerprint density at radius 1 is 1.17 bits per heavy atom. The van der Waals surface area contributed by atoms with E-state index in [9.17, 15) is 18.3 Å². The Hall–Kier alpha value is -1.60. The van der Waals surface area contributed by atoms with Crippen LogP contribution in [-0.2, 0) is 10.0 Å². The molecule has 0 amide bonds. The number of anilines is 1. The molecule has 2 N–H and O–H groups in total. The van der Waals surface area contributed by atoms with E-state index in [4.69, 9.17) is 0 Å². The van der Waals surface area contributed by atoms with E-state index in [1.165, 1.54) is 12.1 Å². The van der Waals surface area contributed by atoms with Crippen LogP contribution in [-0.4, -0.2) is 38.1 Å². The molecular weight excluding hydrogens is 316 g/mol. The molecule has 0 unspecified atom stereocenters. The molecule has 1 heterocycles. The van der Waals surface area contributed by atoms with Crippen LogP contribution < -0.4 is 9.62 Å². The van der Waals surface area contributed by atoms with Crippen LogP contribution in [0.3, 0.4) is 0 Å². The molecule has 0 radical (unpaired) electrons. The SMILES string of the molecule is CC(C)(C)NS(=O)(=O)c1cc(C(=O)O)ccc1N1CCCCC1. The molecule has 7 heteroatoms. The summed E-state index contributed by atoms with van der Waals surface area (Å²) in [6.45, 7) is 6.83. The second kappa shape index (κ2) is 6.49. The van der Waals surface area contributed by atoms with E-state index in [-0.39, 0.29) is 10.5 Å². The largest absolute Gasteiger partial charge is 0.478 e. The molecule has 1 aromatic rings. The van der Waals surface area contributed by atoms with E-state index < -0.39 is 21.5 Å². The van der Waals surface area contributed by atoms with Gasteiger partial charge in [0.25, 0.3) is 0 Å². The Labute approximate surface area is 137 Å². The maximum atomic E-state index is 12.8. The first-order valence-corrected chi connectivity index (χ1v) is 9.25. The number of hydrogen-bond donors (Lipinski definition) is 2. The highest BCUT2D eigenvalue weighted by Crippen LogP contribution is 2.29. The number of sulfonamides is 1. The molecule has 0 atom stereocenters. The lowest BCUT2D eigenvalue weighted by molar-refractivity contribution is 0.0696. The van der Waals surface area contributed by atoms with Crippen LogP contribution in [0.2, 0.25) is 0 Å². The molecule has 1 aliphatic heterocycles. The highest BCUT2D eigenvalue weighted by Gasteiger charge is 2.28. The van der Waals surface area contributed by atoms with Gasteiger partial charge in [-0.15, -0.1) is 0 Å². The number of piperidine rings is 1. The van der Waals surface area contributed by atoms with Crippen molar-refractivity contribution in [3.8, 4) is 0 Å². The van der Waals surface area contributed by atoms with Crippen LogP contribution in [0.1, 0.15) is 50.4 Å². The zero-order valence-electron chi connectivity index (χ0n) is 13.8. The fourth-order valence-corrected chi connectivity index (χ4v) is 4.39. The van der Waals surface area contributed by atoms with E-state index in [1.807, 2.05) is 4.90 Å². The molecule has 1 aromatic carbocycles. The lowest BCUT2D eigenvalue weighted by Gasteiger charge is -2.31. The smallest absolute Gasteiger partial charge is 0.335 e. The normalized spacial score (nSPS) is 16.4. The van der Waals surface area contributed by atoms with Crippen molar-refractivity contribution >= 4 is 21.7 Å². The first-order chi connectivity index (χ1) is 10.6. The summed E-state index contributed by atoms with van der Waals surface area (Å²) in [5, 5.41) is 9.18. The fourth-order valence-electron chi connectivity index (χ4n) is 2.72. The van der Waals surface area contributed by atoms with Crippen LogP contribution in [0.5, 0.6) is 0 Å². The Morgan fingerprint density at radius 2 is 1.78 bits per heavy atom. The molecule has 0 aromatic heterocycles. The van der Waals surface area contributed by atoms with Crippen LogP contribution >= 0.6 is 0 Å². The molecule has 2 rings (SSSR count). The molecule has 1 fully saturated rings. The minimum absolute atomic E-state index is 0.0277. The standard InChI is InChI=1S/C16H24N2O4S/c1-16(2,3)17-23(21,22)14-11-12(15(19)20)7-8-13(14)18-9-5-4-6-10-18/h7-8,11,17H,4-6,9-10H2,1-3H3,(H,19,20). The molecular formula is C16H24N2O4S. The first-order valence-electron chi connectivity index (χ1n) is 7.76. The number of benzene rings is 1. The van der Waals surface area contributed by atoms with Crippen molar-refractivity contribution in [3.05, 3.63) is 23.8 Å². The van der Waals surface area contributed by atoms with Gasteiger partial charge in [0.15, 0.2) is 0 Å². The maximum Gasteiger partial charge on any atom is 0.335 e. The number of rotatable bonds is 4. The van der Waals surface area contributed by atoms with Crippen LogP contribution in [0, 0.1) is 0 Å². The van der Waals surface area contributed by atoms with Crippen molar-refractivity contribution < 1.29 is 18.3 Å². The second-order valence-corrected chi connectivity index (χ2v) is 8.54. The zero-order valence-corrected chi connectivity index (χ0v) is 14.6. The number of nitrogens with one attached hydrogen (secondary N) is 1. The van der Waals surface area contributed by atoms with E-state index in [0.29, 0.717) is 5.69 Å². The van der Waals surface area contributed by atoms with E-state index in [1.54, 1.807) is 26.8 Å². The van der Waals surface area contributed by atoms with Gasteiger partial charge in [-0.3, -0.25) is 0 Å². The number of aromatic carboxylic acids is 1. The van der Waals surface area contributed by atoms with Gasteiger partial charge < -0.3 is 10.0 Å². The molecule has 0 saturated carbocycles. The average Bonchev–Trinajstić information content (AvgIpc) is 2.45. The maximum absolute atomic E-state index is 12.8. The van der Waals surface area contributed by atoms with Crippen molar-refractivity contribution in [2.45, 2.75) is 50.5 Å². The van der Waals surface area contributed by atoms with Gasteiger partial charge in [-0.25, -0.2) is 17.9 Å². The third-order valence-corrected chi connectivity index (χ3v) is 5.42. The predicted molar refractivity (Wildman–Crippen MR) is 89.5 cm³/mol. The summed E-state index contributed by atoms with van der Waals surface area (Å²) < 4.78 is 28.1. The summed E-state index contributed by atoms with van der Waals surface area (Å²) in [7, 11) is -3.81. The van der Waals surface area contributed by atoms with Crippen molar-refractivity contribution in [1.82, 2.24) is 4.72 Å². The third-order valence-electron chi connectivity index (χ3n) is 3.63. The molecule has 0 bridgehead atoms. The minimum Gasteiger partial charge on any atom is -0.478 e. The van der Waals surface area contributed by atoms with Crippen LogP contribution in [0.25, 0.3) is 0 Å². The van der Waals surface area contributed by atoms with Gasteiger partial charge in [0.1, 0.15) is 4.90 Å². The molecule has 128 valence electrons. The van der Waals surface area contributed by atoms with Gasteiger partial charge in [-0.1, -0.05) is 0 Å². The Kier molecular flexibility index (Phi) is 5.01. The summed E-state index contributed by atoms with van der Waals surface area (Å²) in [5.74, 6) is -1.14. The van der Waals surface area contributed by atoms with Crippen molar-refractivity contribution in [1.29, 1.82) is 0 Å². The Morgan fingerprint density at radius 3 is 2.30 bits per heavy atom.